The number of nitrogens with zero attached hydrogens (tertiary/aromatic N) is 1. The van der Waals surface area contributed by atoms with Crippen molar-refractivity contribution in [2.24, 2.45) is 5.73 Å². The molecule has 19 heavy (non-hydrogen) atoms. The number of rotatable bonds is 4. The largest absolute Gasteiger partial charge is 0.487 e. The van der Waals surface area contributed by atoms with Gasteiger partial charge in [0.05, 0.1) is 6.20 Å². The van der Waals surface area contributed by atoms with Crippen molar-refractivity contribution >= 4 is 33.1 Å². The summed E-state index contributed by atoms with van der Waals surface area (Å²) in [6, 6.07) is 6.21. The minimum atomic E-state index is -0.358. The summed E-state index contributed by atoms with van der Waals surface area (Å²) in [6.45, 7) is 0.0837. The molecule has 2 N–H and O–H groups in total. The van der Waals surface area contributed by atoms with Crippen molar-refractivity contribution in [1.29, 1.82) is 0 Å². The Kier molecular flexibility index (Phi) is 4.44. The van der Waals surface area contributed by atoms with Crippen LogP contribution in [0.1, 0.15) is 11.1 Å². The molecule has 0 unspecified atom stereocenters. The number of halogens is 2. The van der Waals surface area contributed by atoms with Crippen molar-refractivity contribution in [2.75, 3.05) is 0 Å². The second-order valence-electron chi connectivity index (χ2n) is 3.80. The Bertz CT molecular complexity index is 621. The van der Waals surface area contributed by atoms with Gasteiger partial charge in [-0.15, -0.1) is 0 Å². The minimum Gasteiger partial charge on any atom is -0.487 e. The molecule has 98 valence electrons. The number of benzene rings is 1. The summed E-state index contributed by atoms with van der Waals surface area (Å²) >= 11 is 8.14. The third kappa shape index (κ3) is 3.71. The Morgan fingerprint density at radius 1 is 1.37 bits per heavy atom. The van der Waals surface area contributed by atoms with Gasteiger partial charge in [0.25, 0.3) is 0 Å². The smallest absolute Gasteiger partial charge is 0.139 e. The van der Waals surface area contributed by atoms with E-state index in [1.165, 1.54) is 6.07 Å². The van der Waals surface area contributed by atoms with E-state index in [0.717, 1.165) is 4.47 Å². The topological polar surface area (TPSA) is 48.1 Å². The van der Waals surface area contributed by atoms with Crippen LogP contribution in [0, 0.1) is 5.82 Å². The van der Waals surface area contributed by atoms with Crippen LogP contribution in [0.4, 0.5) is 4.39 Å². The lowest BCUT2D eigenvalue weighted by atomic mass is 10.1. The number of hydrogen-bond acceptors (Lipinski definition) is 3. The molecule has 0 radical (unpaired) electrons. The maximum atomic E-state index is 13.6. The van der Waals surface area contributed by atoms with Gasteiger partial charge in [0.15, 0.2) is 0 Å². The van der Waals surface area contributed by atoms with Crippen LogP contribution in [0.25, 0.3) is 0 Å². The van der Waals surface area contributed by atoms with Gasteiger partial charge in [0, 0.05) is 21.8 Å². The first-order valence-electron chi connectivity index (χ1n) is 5.38. The highest BCUT2D eigenvalue weighted by molar-refractivity contribution is 9.10. The highest BCUT2D eigenvalue weighted by Crippen LogP contribution is 2.18. The average molecular weight is 341 g/mol. The predicted octanol–water partition coefficient (Wildman–Crippen LogP) is 3.20. The first-order valence-corrected chi connectivity index (χ1v) is 6.58. The Morgan fingerprint density at radius 3 is 2.84 bits per heavy atom. The molecular formula is C13H10BrFN2OS. The fraction of sp³-hybridized carbons (Fsp3) is 0.0769. The number of thiocarbonyl (C=S) groups is 1. The molecule has 0 saturated carbocycles. The van der Waals surface area contributed by atoms with E-state index in [0.29, 0.717) is 16.9 Å². The van der Waals surface area contributed by atoms with Gasteiger partial charge in [0.1, 0.15) is 23.2 Å². The van der Waals surface area contributed by atoms with Gasteiger partial charge in [0.2, 0.25) is 0 Å². The van der Waals surface area contributed by atoms with Crippen LogP contribution in [-0.2, 0) is 6.61 Å². The summed E-state index contributed by atoms with van der Waals surface area (Å²) in [5.74, 6) is 0.192. The molecule has 1 aromatic carbocycles. The minimum absolute atomic E-state index is 0.0837. The van der Waals surface area contributed by atoms with E-state index in [-0.39, 0.29) is 17.4 Å². The number of hydrogen-bond donors (Lipinski definition) is 1. The molecule has 0 bridgehead atoms. The highest BCUT2D eigenvalue weighted by atomic mass is 79.9. The lowest BCUT2D eigenvalue weighted by Crippen LogP contribution is -2.10. The molecule has 6 heteroatoms. The molecule has 2 rings (SSSR count). The molecule has 0 fully saturated rings. The number of nitrogens with two attached hydrogens (primary N) is 1. The van der Waals surface area contributed by atoms with Crippen molar-refractivity contribution in [3.05, 3.63) is 58.1 Å². The zero-order valence-electron chi connectivity index (χ0n) is 9.77. The third-order valence-electron chi connectivity index (χ3n) is 2.40. The van der Waals surface area contributed by atoms with Crippen molar-refractivity contribution in [3.63, 3.8) is 0 Å². The van der Waals surface area contributed by atoms with Gasteiger partial charge >= 0.3 is 0 Å². The second-order valence-corrected chi connectivity index (χ2v) is 5.15. The molecular weight excluding hydrogens is 331 g/mol. The van der Waals surface area contributed by atoms with E-state index in [2.05, 4.69) is 20.9 Å². The van der Waals surface area contributed by atoms with Gasteiger partial charge in [-0.25, -0.2) is 4.39 Å². The van der Waals surface area contributed by atoms with Crippen LogP contribution in [-0.4, -0.2) is 9.97 Å². The van der Waals surface area contributed by atoms with Gasteiger partial charge in [-0.1, -0.05) is 12.2 Å². The zero-order valence-corrected chi connectivity index (χ0v) is 12.2. The SMILES string of the molecule is NC(=S)c1ccc(F)c(COc2cncc(Br)c2)c1. The monoisotopic (exact) mass is 340 g/mol. The van der Waals surface area contributed by atoms with Gasteiger partial charge in [-0.05, 0) is 40.2 Å². The molecule has 2 aromatic rings. The average Bonchev–Trinajstić information content (AvgIpc) is 2.37. The Hall–Kier alpha value is -1.53. The summed E-state index contributed by atoms with van der Waals surface area (Å²) in [4.78, 5) is 4.19. The summed E-state index contributed by atoms with van der Waals surface area (Å²) in [5, 5.41) is 0. The molecule has 0 atom stereocenters. The van der Waals surface area contributed by atoms with Crippen LogP contribution in [0.5, 0.6) is 5.75 Å². The summed E-state index contributed by atoms with van der Waals surface area (Å²) in [6.07, 6.45) is 3.20. The molecule has 0 aliphatic carbocycles. The second kappa shape index (κ2) is 6.08. The van der Waals surface area contributed by atoms with Crippen LogP contribution >= 0.6 is 28.1 Å². The normalized spacial score (nSPS) is 10.2. The van der Waals surface area contributed by atoms with Gasteiger partial charge < -0.3 is 10.5 Å². The van der Waals surface area contributed by atoms with E-state index in [9.17, 15) is 4.39 Å². The van der Waals surface area contributed by atoms with Crippen molar-refractivity contribution < 1.29 is 9.13 Å². The molecule has 0 aliphatic rings. The molecule has 0 saturated heterocycles. The maximum absolute atomic E-state index is 13.6. The van der Waals surface area contributed by atoms with Crippen LogP contribution in [0.2, 0.25) is 0 Å². The van der Waals surface area contributed by atoms with Crippen molar-refractivity contribution in [3.8, 4) is 5.75 Å². The van der Waals surface area contributed by atoms with Crippen LogP contribution in [0.15, 0.2) is 41.1 Å². The summed E-state index contributed by atoms with van der Waals surface area (Å²) in [7, 11) is 0. The van der Waals surface area contributed by atoms with E-state index < -0.39 is 0 Å². The summed E-state index contributed by atoms with van der Waals surface area (Å²) < 4.78 is 19.9. The Balaban J connectivity index is 2.15. The van der Waals surface area contributed by atoms with Crippen LogP contribution < -0.4 is 10.5 Å². The number of pyridine rings is 1. The molecule has 0 amide bonds. The van der Waals surface area contributed by atoms with Crippen molar-refractivity contribution in [1.82, 2.24) is 4.98 Å². The lowest BCUT2D eigenvalue weighted by molar-refractivity contribution is 0.298. The molecule has 1 heterocycles. The molecule has 0 spiro atoms. The number of aromatic nitrogens is 1. The molecule has 3 nitrogen and oxygen atoms in total. The summed E-state index contributed by atoms with van der Waals surface area (Å²) in [5.41, 5.74) is 6.52. The standard InChI is InChI=1S/C13H10BrFN2OS/c14-10-4-11(6-17-5-10)18-7-9-3-8(13(16)19)1-2-12(9)15/h1-6H,7H2,(H2,16,19). The predicted molar refractivity (Wildman–Crippen MR) is 78.6 cm³/mol. The molecule has 1 aromatic heterocycles. The van der Waals surface area contributed by atoms with E-state index >= 15 is 0 Å². The first-order chi connectivity index (χ1) is 9.06. The van der Waals surface area contributed by atoms with E-state index in [1.807, 2.05) is 0 Å². The fourth-order valence-corrected chi connectivity index (χ4v) is 1.94. The molecule has 0 aliphatic heterocycles. The Morgan fingerprint density at radius 2 is 2.16 bits per heavy atom. The van der Waals surface area contributed by atoms with Gasteiger partial charge in [-0.3, -0.25) is 4.98 Å². The fourth-order valence-electron chi connectivity index (χ4n) is 1.47. The third-order valence-corrected chi connectivity index (χ3v) is 3.07. The van der Waals surface area contributed by atoms with E-state index in [1.54, 1.807) is 30.6 Å². The Labute approximate surface area is 123 Å². The van der Waals surface area contributed by atoms with E-state index in [4.69, 9.17) is 22.7 Å². The quantitative estimate of drug-likeness (QED) is 0.868. The van der Waals surface area contributed by atoms with Crippen LogP contribution in [0.3, 0.4) is 0 Å². The maximum Gasteiger partial charge on any atom is 0.139 e. The number of ether oxygens (including phenoxy) is 1. The highest BCUT2D eigenvalue weighted by Gasteiger charge is 2.06. The first kappa shape index (κ1) is 13.9. The van der Waals surface area contributed by atoms with Gasteiger partial charge in [-0.2, -0.15) is 0 Å². The van der Waals surface area contributed by atoms with Crippen molar-refractivity contribution in [2.45, 2.75) is 6.61 Å². The lowest BCUT2D eigenvalue weighted by Gasteiger charge is -2.08. The zero-order chi connectivity index (χ0) is 13.8.